The molecule has 0 aromatic rings. The summed E-state index contributed by atoms with van der Waals surface area (Å²) in [6.45, 7) is 2.69. The van der Waals surface area contributed by atoms with E-state index in [1.54, 1.807) is 6.92 Å². The molecule has 1 saturated heterocycles. The molecule has 0 aromatic carbocycles. The first-order valence-electron chi connectivity index (χ1n) is 5.76. The van der Waals surface area contributed by atoms with Crippen molar-refractivity contribution in [2.75, 3.05) is 24.6 Å². The molecule has 6 heteroatoms. The lowest BCUT2D eigenvalue weighted by Gasteiger charge is -2.22. The van der Waals surface area contributed by atoms with Crippen molar-refractivity contribution in [1.82, 2.24) is 10.6 Å². The minimum Gasteiger partial charge on any atom is -0.354 e. The summed E-state index contributed by atoms with van der Waals surface area (Å²) in [5, 5.41) is 5.78. The first-order chi connectivity index (χ1) is 7.55. The molecule has 94 valence electrons. The van der Waals surface area contributed by atoms with Crippen LogP contribution in [0, 0.1) is 0 Å². The number of sulfone groups is 1. The molecule has 0 spiro atoms. The van der Waals surface area contributed by atoms with Gasteiger partial charge in [-0.15, -0.1) is 0 Å². The molecule has 0 aromatic heterocycles. The summed E-state index contributed by atoms with van der Waals surface area (Å²) in [6, 6.07) is -0.141. The average Bonchev–Trinajstić information content (AvgIpc) is 2.30. The van der Waals surface area contributed by atoms with E-state index < -0.39 is 9.84 Å². The zero-order valence-electron chi connectivity index (χ0n) is 9.66. The maximum absolute atomic E-state index is 11.6. The summed E-state index contributed by atoms with van der Waals surface area (Å²) in [4.78, 5) is 11.6. The van der Waals surface area contributed by atoms with Gasteiger partial charge in [0.25, 0.3) is 0 Å². The first kappa shape index (κ1) is 13.4. The van der Waals surface area contributed by atoms with Gasteiger partial charge in [-0.1, -0.05) is 13.3 Å². The Morgan fingerprint density at radius 3 is 2.75 bits per heavy atom. The maximum atomic E-state index is 11.6. The van der Waals surface area contributed by atoms with Crippen LogP contribution < -0.4 is 10.6 Å². The third-order valence-corrected chi connectivity index (χ3v) is 4.48. The van der Waals surface area contributed by atoms with Crippen molar-refractivity contribution in [3.63, 3.8) is 0 Å². The minimum absolute atomic E-state index is 0.0297. The number of rotatable bonds is 5. The Labute approximate surface area is 96.9 Å². The van der Waals surface area contributed by atoms with Crippen molar-refractivity contribution in [2.24, 2.45) is 0 Å². The summed E-state index contributed by atoms with van der Waals surface area (Å²) in [7, 11) is -2.98. The Balaban J connectivity index is 2.24. The van der Waals surface area contributed by atoms with Crippen LogP contribution in [-0.2, 0) is 14.6 Å². The predicted octanol–water partition coefficient (Wildman–Crippen LogP) is -0.321. The van der Waals surface area contributed by atoms with Crippen LogP contribution in [-0.4, -0.2) is 45.0 Å². The van der Waals surface area contributed by atoms with Crippen LogP contribution in [0.2, 0.25) is 0 Å². The Hall–Kier alpha value is -0.620. The van der Waals surface area contributed by atoms with Crippen molar-refractivity contribution in [2.45, 2.75) is 32.2 Å². The van der Waals surface area contributed by atoms with Crippen molar-refractivity contribution in [3.8, 4) is 0 Å². The number of nitrogens with one attached hydrogen (secondary N) is 2. The summed E-state index contributed by atoms with van der Waals surface area (Å²) in [6.07, 6.45) is 3.00. The molecule has 1 fully saturated rings. The fourth-order valence-corrected chi connectivity index (χ4v) is 2.37. The summed E-state index contributed by atoms with van der Waals surface area (Å²) in [5.41, 5.74) is 0. The molecular formula is C10H20N2O3S. The van der Waals surface area contributed by atoms with Crippen molar-refractivity contribution >= 4 is 15.7 Å². The highest BCUT2D eigenvalue weighted by Crippen LogP contribution is 2.06. The van der Waals surface area contributed by atoms with Gasteiger partial charge in [0.2, 0.25) is 5.91 Å². The molecule has 1 aliphatic rings. The topological polar surface area (TPSA) is 75.3 Å². The van der Waals surface area contributed by atoms with Crippen LogP contribution in [0.4, 0.5) is 0 Å². The van der Waals surface area contributed by atoms with Gasteiger partial charge in [-0.25, -0.2) is 8.42 Å². The molecule has 0 bridgehead atoms. The van der Waals surface area contributed by atoms with Crippen LogP contribution in [0.1, 0.15) is 26.2 Å². The summed E-state index contributed by atoms with van der Waals surface area (Å²) >= 11 is 0. The van der Waals surface area contributed by atoms with E-state index in [0.717, 1.165) is 25.8 Å². The van der Waals surface area contributed by atoms with Crippen LogP contribution in [0.5, 0.6) is 0 Å². The molecule has 0 aliphatic carbocycles. The quantitative estimate of drug-likeness (QED) is 0.699. The minimum atomic E-state index is -2.98. The molecule has 1 heterocycles. The Morgan fingerprint density at radius 1 is 1.44 bits per heavy atom. The van der Waals surface area contributed by atoms with E-state index in [1.807, 2.05) is 0 Å². The van der Waals surface area contributed by atoms with E-state index in [-0.39, 0.29) is 30.0 Å². The molecule has 1 aliphatic heterocycles. The van der Waals surface area contributed by atoms with Crippen LogP contribution in [0.3, 0.4) is 0 Å². The molecule has 16 heavy (non-hydrogen) atoms. The van der Waals surface area contributed by atoms with Gasteiger partial charge < -0.3 is 10.6 Å². The molecule has 1 atom stereocenters. The van der Waals surface area contributed by atoms with Gasteiger partial charge in [0, 0.05) is 12.3 Å². The fourth-order valence-electron chi connectivity index (χ4n) is 1.67. The SMILES string of the molecule is CCS(=O)(=O)CCNC(=O)[C@H]1CCCCN1. The Kier molecular flexibility index (Phi) is 5.21. The smallest absolute Gasteiger partial charge is 0.237 e. The van der Waals surface area contributed by atoms with Crippen molar-refractivity contribution in [1.29, 1.82) is 0 Å². The number of carbonyl (C=O) groups is 1. The molecular weight excluding hydrogens is 228 g/mol. The summed E-state index contributed by atoms with van der Waals surface area (Å²) < 4.78 is 22.4. The average molecular weight is 248 g/mol. The Bertz CT molecular complexity index is 321. The third kappa shape index (κ3) is 4.49. The Morgan fingerprint density at radius 2 is 2.19 bits per heavy atom. The molecule has 0 saturated carbocycles. The van der Waals surface area contributed by atoms with Crippen LogP contribution in [0.25, 0.3) is 0 Å². The van der Waals surface area contributed by atoms with E-state index in [0.29, 0.717) is 0 Å². The molecule has 0 radical (unpaired) electrons. The normalized spacial score (nSPS) is 21.7. The van der Waals surface area contributed by atoms with Gasteiger partial charge in [0.1, 0.15) is 0 Å². The number of carbonyl (C=O) groups excluding carboxylic acids is 1. The van der Waals surface area contributed by atoms with E-state index >= 15 is 0 Å². The number of hydrogen-bond donors (Lipinski definition) is 2. The number of piperidine rings is 1. The predicted molar refractivity (Wildman–Crippen MR) is 63.0 cm³/mol. The van der Waals surface area contributed by atoms with Gasteiger partial charge >= 0.3 is 0 Å². The third-order valence-electron chi connectivity index (χ3n) is 2.78. The molecule has 5 nitrogen and oxygen atoms in total. The first-order valence-corrected chi connectivity index (χ1v) is 7.59. The lowest BCUT2D eigenvalue weighted by atomic mass is 10.0. The highest BCUT2D eigenvalue weighted by Gasteiger charge is 2.20. The van der Waals surface area contributed by atoms with Crippen LogP contribution >= 0.6 is 0 Å². The van der Waals surface area contributed by atoms with Crippen LogP contribution in [0.15, 0.2) is 0 Å². The molecule has 1 amide bonds. The van der Waals surface area contributed by atoms with Gasteiger partial charge in [0.15, 0.2) is 9.84 Å². The van der Waals surface area contributed by atoms with E-state index in [4.69, 9.17) is 0 Å². The lowest BCUT2D eigenvalue weighted by Crippen LogP contribution is -2.47. The number of hydrogen-bond acceptors (Lipinski definition) is 4. The van der Waals surface area contributed by atoms with Crippen molar-refractivity contribution in [3.05, 3.63) is 0 Å². The van der Waals surface area contributed by atoms with Gasteiger partial charge in [0.05, 0.1) is 11.8 Å². The second-order valence-corrected chi connectivity index (χ2v) is 6.50. The molecule has 0 unspecified atom stereocenters. The summed E-state index contributed by atoms with van der Waals surface area (Å²) in [5.74, 6) is 0.0815. The molecule has 2 N–H and O–H groups in total. The van der Waals surface area contributed by atoms with E-state index in [9.17, 15) is 13.2 Å². The highest BCUT2D eigenvalue weighted by molar-refractivity contribution is 7.91. The molecule has 1 rings (SSSR count). The lowest BCUT2D eigenvalue weighted by molar-refractivity contribution is -0.123. The maximum Gasteiger partial charge on any atom is 0.237 e. The largest absolute Gasteiger partial charge is 0.354 e. The van der Waals surface area contributed by atoms with Gasteiger partial charge in [-0.05, 0) is 19.4 Å². The fraction of sp³-hybridized carbons (Fsp3) is 0.900. The second-order valence-electron chi connectivity index (χ2n) is 4.03. The highest BCUT2D eigenvalue weighted by atomic mass is 32.2. The van der Waals surface area contributed by atoms with E-state index in [1.165, 1.54) is 0 Å². The standard InChI is InChI=1S/C10H20N2O3S/c1-2-16(14,15)8-7-12-10(13)9-5-3-4-6-11-9/h9,11H,2-8H2,1H3,(H,12,13)/t9-/m1/s1. The monoisotopic (exact) mass is 248 g/mol. The zero-order valence-corrected chi connectivity index (χ0v) is 10.5. The van der Waals surface area contributed by atoms with Crippen molar-refractivity contribution < 1.29 is 13.2 Å². The number of amides is 1. The second kappa shape index (κ2) is 6.20. The van der Waals surface area contributed by atoms with E-state index in [2.05, 4.69) is 10.6 Å². The van der Waals surface area contributed by atoms with Gasteiger partial charge in [-0.3, -0.25) is 4.79 Å². The zero-order chi connectivity index (χ0) is 12.0. The van der Waals surface area contributed by atoms with Gasteiger partial charge in [-0.2, -0.15) is 0 Å².